The van der Waals surface area contributed by atoms with Crippen LogP contribution in [0.25, 0.3) is 0 Å². The first-order valence-corrected chi connectivity index (χ1v) is 5.83. The van der Waals surface area contributed by atoms with Gasteiger partial charge in [-0.05, 0) is 20.8 Å². The van der Waals surface area contributed by atoms with Crippen LogP contribution in [-0.2, 0) is 4.74 Å². The Morgan fingerprint density at radius 3 is 2.50 bits per heavy atom. The number of nitrogens with zero attached hydrogens (tertiary/aromatic N) is 1. The van der Waals surface area contributed by atoms with Gasteiger partial charge in [0, 0.05) is 31.7 Å². The molecule has 2 N–H and O–H groups in total. The topological polar surface area (TPSA) is 53.6 Å². The van der Waals surface area contributed by atoms with E-state index in [0.717, 1.165) is 32.8 Å². The SMILES string of the molecule is CC(C)(C)NC(=O)NCCN1CCOCC1. The van der Waals surface area contributed by atoms with Crippen LogP contribution in [-0.4, -0.2) is 55.9 Å². The van der Waals surface area contributed by atoms with Crippen molar-refractivity contribution in [1.82, 2.24) is 15.5 Å². The molecule has 0 radical (unpaired) electrons. The van der Waals surface area contributed by atoms with Crippen molar-refractivity contribution >= 4 is 6.03 Å². The highest BCUT2D eigenvalue weighted by Gasteiger charge is 2.14. The van der Waals surface area contributed by atoms with Gasteiger partial charge in [0.25, 0.3) is 0 Å². The lowest BCUT2D eigenvalue weighted by molar-refractivity contribution is 0.0387. The van der Waals surface area contributed by atoms with E-state index in [-0.39, 0.29) is 11.6 Å². The van der Waals surface area contributed by atoms with Crippen LogP contribution in [0.3, 0.4) is 0 Å². The van der Waals surface area contributed by atoms with Gasteiger partial charge in [0.05, 0.1) is 13.2 Å². The number of carbonyl (C=O) groups is 1. The minimum absolute atomic E-state index is 0.0965. The van der Waals surface area contributed by atoms with Crippen LogP contribution in [0.15, 0.2) is 0 Å². The van der Waals surface area contributed by atoms with Gasteiger partial charge in [0.2, 0.25) is 0 Å². The largest absolute Gasteiger partial charge is 0.379 e. The van der Waals surface area contributed by atoms with Crippen LogP contribution < -0.4 is 10.6 Å². The third-order valence-corrected chi connectivity index (χ3v) is 2.31. The van der Waals surface area contributed by atoms with Gasteiger partial charge in [-0.1, -0.05) is 0 Å². The number of hydrogen-bond acceptors (Lipinski definition) is 3. The summed E-state index contributed by atoms with van der Waals surface area (Å²) < 4.78 is 5.25. The van der Waals surface area contributed by atoms with E-state index >= 15 is 0 Å². The highest BCUT2D eigenvalue weighted by molar-refractivity contribution is 5.74. The standard InChI is InChI=1S/C11H23N3O2/c1-11(2,3)13-10(15)12-4-5-14-6-8-16-9-7-14/h4-9H2,1-3H3,(H2,12,13,15). The number of rotatable bonds is 3. The molecule has 94 valence electrons. The molecular weight excluding hydrogens is 206 g/mol. The average Bonchev–Trinajstić information content (AvgIpc) is 2.16. The third kappa shape index (κ3) is 5.92. The molecule has 0 aliphatic carbocycles. The Morgan fingerprint density at radius 1 is 1.31 bits per heavy atom. The van der Waals surface area contributed by atoms with Gasteiger partial charge >= 0.3 is 6.03 Å². The van der Waals surface area contributed by atoms with E-state index in [0.29, 0.717) is 6.54 Å². The quantitative estimate of drug-likeness (QED) is 0.737. The lowest BCUT2D eigenvalue weighted by atomic mass is 10.1. The van der Waals surface area contributed by atoms with Crippen LogP contribution in [0.1, 0.15) is 20.8 Å². The zero-order valence-corrected chi connectivity index (χ0v) is 10.5. The van der Waals surface area contributed by atoms with Crippen molar-refractivity contribution in [3.63, 3.8) is 0 Å². The van der Waals surface area contributed by atoms with Gasteiger partial charge in [-0.25, -0.2) is 4.79 Å². The Morgan fingerprint density at radius 2 is 1.94 bits per heavy atom. The fraction of sp³-hybridized carbons (Fsp3) is 0.909. The number of ether oxygens (including phenoxy) is 1. The molecule has 16 heavy (non-hydrogen) atoms. The molecule has 1 aliphatic rings. The number of carbonyl (C=O) groups excluding carboxylic acids is 1. The Bertz CT molecular complexity index is 220. The molecule has 0 atom stereocenters. The molecule has 0 saturated carbocycles. The number of morpholine rings is 1. The molecule has 1 aliphatic heterocycles. The molecule has 1 fully saturated rings. The fourth-order valence-electron chi connectivity index (χ4n) is 1.54. The summed E-state index contributed by atoms with van der Waals surface area (Å²) in [5.41, 5.74) is -0.178. The van der Waals surface area contributed by atoms with Crippen LogP contribution >= 0.6 is 0 Å². The first kappa shape index (κ1) is 13.3. The molecular formula is C11H23N3O2. The van der Waals surface area contributed by atoms with Crippen molar-refractivity contribution < 1.29 is 9.53 Å². The summed E-state index contributed by atoms with van der Waals surface area (Å²) in [5, 5.41) is 5.72. The Kier molecular flexibility index (Phi) is 5.02. The molecule has 5 heteroatoms. The van der Waals surface area contributed by atoms with Crippen molar-refractivity contribution in [2.75, 3.05) is 39.4 Å². The van der Waals surface area contributed by atoms with Gasteiger partial charge in [-0.15, -0.1) is 0 Å². The van der Waals surface area contributed by atoms with E-state index in [1.165, 1.54) is 0 Å². The van der Waals surface area contributed by atoms with E-state index in [1.807, 2.05) is 20.8 Å². The van der Waals surface area contributed by atoms with Gasteiger partial charge < -0.3 is 15.4 Å². The number of nitrogens with one attached hydrogen (secondary N) is 2. The summed E-state index contributed by atoms with van der Waals surface area (Å²) in [6.07, 6.45) is 0. The summed E-state index contributed by atoms with van der Waals surface area (Å²) in [5.74, 6) is 0. The highest BCUT2D eigenvalue weighted by Crippen LogP contribution is 1.97. The molecule has 0 aromatic heterocycles. The Balaban J connectivity index is 2.08. The maximum atomic E-state index is 11.4. The fourth-order valence-corrected chi connectivity index (χ4v) is 1.54. The molecule has 5 nitrogen and oxygen atoms in total. The second-order valence-electron chi connectivity index (χ2n) is 5.08. The minimum Gasteiger partial charge on any atom is -0.379 e. The van der Waals surface area contributed by atoms with Crippen molar-refractivity contribution in [2.45, 2.75) is 26.3 Å². The molecule has 0 bridgehead atoms. The van der Waals surface area contributed by atoms with Crippen LogP contribution in [0.2, 0.25) is 0 Å². The zero-order chi connectivity index (χ0) is 12.0. The Hall–Kier alpha value is -0.810. The molecule has 0 spiro atoms. The second-order valence-corrected chi connectivity index (χ2v) is 5.08. The van der Waals surface area contributed by atoms with Gasteiger partial charge in [0.1, 0.15) is 0 Å². The monoisotopic (exact) mass is 229 g/mol. The van der Waals surface area contributed by atoms with Gasteiger partial charge in [0.15, 0.2) is 0 Å². The molecule has 0 aromatic rings. The average molecular weight is 229 g/mol. The maximum absolute atomic E-state index is 11.4. The van der Waals surface area contributed by atoms with E-state index in [4.69, 9.17) is 4.74 Å². The first-order chi connectivity index (χ1) is 7.47. The molecule has 1 rings (SSSR count). The van der Waals surface area contributed by atoms with Crippen molar-refractivity contribution in [2.24, 2.45) is 0 Å². The van der Waals surface area contributed by atoms with Crippen molar-refractivity contribution in [1.29, 1.82) is 0 Å². The number of amides is 2. The van der Waals surface area contributed by atoms with Crippen molar-refractivity contribution in [3.8, 4) is 0 Å². The smallest absolute Gasteiger partial charge is 0.315 e. The number of urea groups is 1. The lowest BCUT2D eigenvalue weighted by Crippen LogP contribution is -2.48. The zero-order valence-electron chi connectivity index (χ0n) is 10.5. The summed E-state index contributed by atoms with van der Waals surface area (Å²) in [6, 6.07) is -0.0965. The molecule has 2 amide bonds. The summed E-state index contributed by atoms with van der Waals surface area (Å²) >= 11 is 0. The highest BCUT2D eigenvalue weighted by atomic mass is 16.5. The maximum Gasteiger partial charge on any atom is 0.315 e. The number of hydrogen-bond donors (Lipinski definition) is 2. The van der Waals surface area contributed by atoms with E-state index in [9.17, 15) is 4.79 Å². The molecule has 0 aromatic carbocycles. The molecule has 1 heterocycles. The van der Waals surface area contributed by atoms with Crippen LogP contribution in [0.5, 0.6) is 0 Å². The predicted octanol–water partition coefficient (Wildman–Crippen LogP) is 0.416. The Labute approximate surface area is 97.5 Å². The lowest BCUT2D eigenvalue weighted by Gasteiger charge is -2.27. The predicted molar refractivity (Wildman–Crippen MR) is 63.5 cm³/mol. The summed E-state index contributed by atoms with van der Waals surface area (Å²) in [6.45, 7) is 11.0. The van der Waals surface area contributed by atoms with E-state index in [1.54, 1.807) is 0 Å². The minimum atomic E-state index is -0.178. The van der Waals surface area contributed by atoms with E-state index in [2.05, 4.69) is 15.5 Å². The van der Waals surface area contributed by atoms with Gasteiger partial charge in [-0.3, -0.25) is 4.90 Å². The summed E-state index contributed by atoms with van der Waals surface area (Å²) in [4.78, 5) is 13.7. The normalized spacial score (nSPS) is 18.2. The molecule has 1 saturated heterocycles. The van der Waals surface area contributed by atoms with Gasteiger partial charge in [-0.2, -0.15) is 0 Å². The molecule has 0 unspecified atom stereocenters. The van der Waals surface area contributed by atoms with Crippen LogP contribution in [0.4, 0.5) is 4.79 Å². The first-order valence-electron chi connectivity index (χ1n) is 5.83. The van der Waals surface area contributed by atoms with E-state index < -0.39 is 0 Å². The third-order valence-electron chi connectivity index (χ3n) is 2.31. The van der Waals surface area contributed by atoms with Crippen LogP contribution in [0, 0.1) is 0 Å². The van der Waals surface area contributed by atoms with Crippen molar-refractivity contribution in [3.05, 3.63) is 0 Å². The summed E-state index contributed by atoms with van der Waals surface area (Å²) in [7, 11) is 0. The second kappa shape index (κ2) is 6.06.